The number of fused-ring (bicyclic) bond motifs is 1. The summed E-state index contributed by atoms with van der Waals surface area (Å²) >= 11 is 0. The van der Waals surface area contributed by atoms with Crippen LogP contribution in [0.1, 0.15) is 44.1 Å². The van der Waals surface area contributed by atoms with E-state index >= 15 is 0 Å². The molecule has 2 aromatic rings. The summed E-state index contributed by atoms with van der Waals surface area (Å²) in [6.45, 7) is 6.34. The van der Waals surface area contributed by atoms with E-state index in [1.54, 1.807) is 12.1 Å². The Morgan fingerprint density at radius 2 is 2.00 bits per heavy atom. The highest BCUT2D eigenvalue weighted by Crippen LogP contribution is 2.30. The molecule has 0 saturated heterocycles. The molecule has 0 atom stereocenters. The van der Waals surface area contributed by atoms with E-state index in [-0.39, 0.29) is 18.1 Å². The van der Waals surface area contributed by atoms with Crippen LogP contribution in [0.25, 0.3) is 10.9 Å². The molecule has 1 N–H and O–H groups in total. The van der Waals surface area contributed by atoms with E-state index in [2.05, 4.69) is 24.9 Å². The summed E-state index contributed by atoms with van der Waals surface area (Å²) < 4.78 is 10.6. The third kappa shape index (κ3) is 5.09. The van der Waals surface area contributed by atoms with Gasteiger partial charge in [0.25, 0.3) is 0 Å². The van der Waals surface area contributed by atoms with Crippen LogP contribution in [0.4, 0.5) is 0 Å². The van der Waals surface area contributed by atoms with Crippen LogP contribution in [0, 0.1) is 0 Å². The summed E-state index contributed by atoms with van der Waals surface area (Å²) in [4.78, 5) is 16.5. The Morgan fingerprint density at radius 1 is 1.23 bits per heavy atom. The topological polar surface area (TPSA) is 68.7 Å². The fourth-order valence-electron chi connectivity index (χ4n) is 2.50. The van der Waals surface area contributed by atoms with Crippen molar-refractivity contribution in [2.24, 2.45) is 0 Å². The summed E-state index contributed by atoms with van der Waals surface area (Å²) in [7, 11) is 1.51. The van der Waals surface area contributed by atoms with Crippen LogP contribution >= 0.6 is 0 Å². The number of benzene rings is 1. The molecule has 1 aromatic heterocycles. The van der Waals surface area contributed by atoms with Crippen LogP contribution in [0.2, 0.25) is 0 Å². The second-order valence-corrected chi connectivity index (χ2v) is 6.35. The fraction of sp³-hybridized carbons (Fsp3) is 0.333. The van der Waals surface area contributed by atoms with Gasteiger partial charge in [-0.1, -0.05) is 23.3 Å². The average molecular weight is 355 g/mol. The van der Waals surface area contributed by atoms with Crippen molar-refractivity contribution < 1.29 is 19.4 Å². The van der Waals surface area contributed by atoms with Gasteiger partial charge in [-0.2, -0.15) is 0 Å². The Kier molecular flexibility index (Phi) is 6.78. The molecule has 1 aromatic carbocycles. The van der Waals surface area contributed by atoms with Crippen LogP contribution in [0.5, 0.6) is 11.5 Å². The number of rotatable bonds is 7. The SMILES string of the molecule is COc1cc(C(=O)OCC=C(C)CCC=C(C)C)nc2c(O)cccc12. The minimum absolute atomic E-state index is 0.00883. The number of allylic oxidation sites excluding steroid dienone is 3. The van der Waals surface area contributed by atoms with E-state index in [0.29, 0.717) is 16.7 Å². The van der Waals surface area contributed by atoms with Crippen molar-refractivity contribution in [3.8, 4) is 11.5 Å². The Bertz CT molecular complexity index is 848. The van der Waals surface area contributed by atoms with Crippen LogP contribution in [0.3, 0.4) is 0 Å². The lowest BCUT2D eigenvalue weighted by Gasteiger charge is -2.09. The summed E-state index contributed by atoms with van der Waals surface area (Å²) in [5, 5.41) is 10.6. The van der Waals surface area contributed by atoms with E-state index in [1.165, 1.54) is 24.8 Å². The highest BCUT2D eigenvalue weighted by Gasteiger charge is 2.15. The summed E-state index contributed by atoms with van der Waals surface area (Å²) in [5.74, 6) is -0.0986. The Morgan fingerprint density at radius 3 is 2.69 bits per heavy atom. The van der Waals surface area contributed by atoms with Gasteiger partial charge in [0.2, 0.25) is 0 Å². The van der Waals surface area contributed by atoms with Crippen molar-refractivity contribution in [3.05, 3.63) is 53.3 Å². The number of methoxy groups -OCH3 is 1. The zero-order chi connectivity index (χ0) is 19.1. The molecular weight excluding hydrogens is 330 g/mol. The number of aromatic hydroxyl groups is 1. The lowest BCUT2D eigenvalue weighted by Crippen LogP contribution is -2.08. The minimum atomic E-state index is -0.554. The molecule has 5 nitrogen and oxygen atoms in total. The van der Waals surface area contributed by atoms with Crippen molar-refractivity contribution in [2.75, 3.05) is 13.7 Å². The van der Waals surface area contributed by atoms with Crippen molar-refractivity contribution >= 4 is 16.9 Å². The molecule has 0 radical (unpaired) electrons. The number of hydrogen-bond donors (Lipinski definition) is 1. The normalized spacial score (nSPS) is 11.3. The molecular formula is C21H25NO4. The third-order valence-electron chi connectivity index (χ3n) is 3.95. The van der Waals surface area contributed by atoms with E-state index < -0.39 is 5.97 Å². The first kappa shape index (κ1) is 19.5. The molecule has 138 valence electrons. The number of pyridine rings is 1. The standard InChI is InChI=1S/C21H25NO4/c1-14(2)7-5-8-15(3)11-12-26-21(24)17-13-19(25-4)16-9-6-10-18(23)20(16)22-17/h6-7,9-11,13,23H,5,8,12H2,1-4H3. The molecule has 0 fully saturated rings. The minimum Gasteiger partial charge on any atom is -0.506 e. The second-order valence-electron chi connectivity index (χ2n) is 6.35. The van der Waals surface area contributed by atoms with Gasteiger partial charge in [-0.3, -0.25) is 0 Å². The number of para-hydroxylation sites is 1. The van der Waals surface area contributed by atoms with Crippen LogP contribution in [0.15, 0.2) is 47.6 Å². The molecule has 0 saturated carbocycles. The Labute approximate surface area is 154 Å². The first-order valence-electron chi connectivity index (χ1n) is 8.55. The van der Waals surface area contributed by atoms with Crippen LogP contribution in [-0.2, 0) is 4.74 Å². The molecule has 0 aliphatic heterocycles. The van der Waals surface area contributed by atoms with E-state index in [9.17, 15) is 9.90 Å². The maximum Gasteiger partial charge on any atom is 0.357 e. The number of carbonyl (C=O) groups excluding carboxylic acids is 1. The first-order valence-corrected chi connectivity index (χ1v) is 8.55. The number of carbonyl (C=O) groups is 1. The van der Waals surface area contributed by atoms with Gasteiger partial charge >= 0.3 is 5.97 Å². The van der Waals surface area contributed by atoms with Crippen molar-refractivity contribution in [1.82, 2.24) is 4.98 Å². The molecule has 0 amide bonds. The third-order valence-corrected chi connectivity index (χ3v) is 3.95. The average Bonchev–Trinajstić information content (AvgIpc) is 2.60. The van der Waals surface area contributed by atoms with Crippen molar-refractivity contribution in [1.29, 1.82) is 0 Å². The second kappa shape index (κ2) is 9.04. The van der Waals surface area contributed by atoms with Gasteiger partial charge in [-0.05, 0) is 51.8 Å². The fourth-order valence-corrected chi connectivity index (χ4v) is 2.50. The lowest BCUT2D eigenvalue weighted by atomic mass is 10.1. The molecule has 2 rings (SSSR count). The van der Waals surface area contributed by atoms with E-state index in [4.69, 9.17) is 9.47 Å². The Hall–Kier alpha value is -2.82. The molecule has 26 heavy (non-hydrogen) atoms. The molecule has 0 unspecified atom stereocenters. The smallest absolute Gasteiger partial charge is 0.357 e. The molecule has 5 heteroatoms. The van der Waals surface area contributed by atoms with Crippen molar-refractivity contribution in [3.63, 3.8) is 0 Å². The number of phenols is 1. The largest absolute Gasteiger partial charge is 0.506 e. The number of esters is 1. The molecule has 1 heterocycles. The zero-order valence-electron chi connectivity index (χ0n) is 15.7. The predicted molar refractivity (Wildman–Crippen MR) is 103 cm³/mol. The summed E-state index contributed by atoms with van der Waals surface area (Å²) in [5.41, 5.74) is 2.87. The van der Waals surface area contributed by atoms with Crippen molar-refractivity contribution in [2.45, 2.75) is 33.6 Å². The summed E-state index contributed by atoms with van der Waals surface area (Å²) in [6, 6.07) is 6.51. The van der Waals surface area contributed by atoms with Gasteiger partial charge in [0, 0.05) is 11.5 Å². The Balaban J connectivity index is 2.08. The highest BCUT2D eigenvalue weighted by molar-refractivity contribution is 5.96. The number of ether oxygens (including phenoxy) is 2. The maximum atomic E-state index is 12.3. The number of phenolic OH excluding ortho intramolecular Hbond substituents is 1. The number of nitrogens with zero attached hydrogens (tertiary/aromatic N) is 1. The zero-order valence-corrected chi connectivity index (χ0v) is 15.7. The van der Waals surface area contributed by atoms with Gasteiger partial charge in [-0.25, -0.2) is 9.78 Å². The van der Waals surface area contributed by atoms with Crippen LogP contribution < -0.4 is 4.74 Å². The van der Waals surface area contributed by atoms with Gasteiger partial charge in [0.15, 0.2) is 5.69 Å². The van der Waals surface area contributed by atoms with Gasteiger partial charge < -0.3 is 14.6 Å². The number of hydrogen-bond acceptors (Lipinski definition) is 5. The highest BCUT2D eigenvalue weighted by atomic mass is 16.5. The van der Waals surface area contributed by atoms with Gasteiger partial charge in [0.1, 0.15) is 23.6 Å². The monoisotopic (exact) mass is 355 g/mol. The van der Waals surface area contributed by atoms with Gasteiger partial charge in [-0.15, -0.1) is 0 Å². The molecule has 0 aliphatic carbocycles. The molecule has 0 spiro atoms. The predicted octanol–water partition coefficient (Wildman–Crippen LogP) is 4.80. The van der Waals surface area contributed by atoms with Gasteiger partial charge in [0.05, 0.1) is 7.11 Å². The lowest BCUT2D eigenvalue weighted by molar-refractivity contribution is 0.0542. The van der Waals surface area contributed by atoms with E-state index in [0.717, 1.165) is 18.4 Å². The quantitative estimate of drug-likeness (QED) is 0.571. The first-order chi connectivity index (χ1) is 12.4. The van der Waals surface area contributed by atoms with E-state index in [1.807, 2.05) is 13.0 Å². The molecule has 0 aliphatic rings. The summed E-state index contributed by atoms with van der Waals surface area (Å²) in [6.07, 6.45) is 5.98. The number of aromatic nitrogens is 1. The molecule has 0 bridgehead atoms. The maximum absolute atomic E-state index is 12.3. The van der Waals surface area contributed by atoms with Crippen LogP contribution in [-0.4, -0.2) is 29.8 Å².